The molecule has 1 aromatic heterocycles. The van der Waals surface area contributed by atoms with E-state index < -0.39 is 9.84 Å². The highest BCUT2D eigenvalue weighted by Gasteiger charge is 2.56. The molecule has 1 spiro atoms. The van der Waals surface area contributed by atoms with E-state index in [1.807, 2.05) is 24.3 Å². The minimum atomic E-state index is -3.61. The first-order valence-corrected chi connectivity index (χ1v) is 12.8. The van der Waals surface area contributed by atoms with E-state index in [1.165, 1.54) is 4.68 Å². The first-order valence-electron chi connectivity index (χ1n) is 9.79. The lowest BCUT2D eigenvalue weighted by molar-refractivity contribution is 0.0966. The quantitative estimate of drug-likeness (QED) is 0.465. The van der Waals surface area contributed by atoms with Crippen molar-refractivity contribution in [1.29, 1.82) is 0 Å². The van der Waals surface area contributed by atoms with E-state index in [4.69, 9.17) is 4.74 Å². The van der Waals surface area contributed by atoms with Crippen LogP contribution in [0.4, 0.5) is 5.69 Å². The summed E-state index contributed by atoms with van der Waals surface area (Å²) in [7, 11) is -2.04. The third kappa shape index (κ3) is 3.34. The number of halogens is 1. The van der Waals surface area contributed by atoms with Crippen LogP contribution < -0.4 is 9.64 Å². The summed E-state index contributed by atoms with van der Waals surface area (Å²) >= 11 is 2.23. The second kappa shape index (κ2) is 7.06. The molecule has 1 aliphatic heterocycles. The zero-order valence-corrected chi connectivity index (χ0v) is 20.0. The zero-order chi connectivity index (χ0) is 22.0. The molecule has 3 aromatic rings. The number of nitrogens with zero attached hydrogens (tertiary/aromatic N) is 3. The molecule has 1 saturated carbocycles. The first-order chi connectivity index (χ1) is 14.7. The van der Waals surface area contributed by atoms with Crippen LogP contribution in [-0.2, 0) is 15.3 Å². The maximum absolute atomic E-state index is 13.7. The molecular weight excluding hydrogens is 529 g/mol. The Morgan fingerprint density at radius 1 is 1.03 bits per heavy atom. The molecule has 0 N–H and O–H groups in total. The van der Waals surface area contributed by atoms with Gasteiger partial charge in [-0.1, -0.05) is 0 Å². The summed E-state index contributed by atoms with van der Waals surface area (Å²) in [5.41, 5.74) is 1.92. The van der Waals surface area contributed by atoms with Gasteiger partial charge in [0.1, 0.15) is 11.4 Å². The Bertz CT molecular complexity index is 1290. The molecule has 1 aliphatic carbocycles. The molecule has 160 valence electrons. The number of rotatable bonds is 4. The fraction of sp³-hybridized carbons (Fsp3) is 0.273. The molecule has 2 aromatic carbocycles. The molecule has 1 amide bonds. The fourth-order valence-corrected chi connectivity index (χ4v) is 5.49. The number of methoxy groups -OCH3 is 1. The van der Waals surface area contributed by atoms with Gasteiger partial charge >= 0.3 is 0 Å². The molecule has 0 saturated heterocycles. The average molecular weight is 549 g/mol. The van der Waals surface area contributed by atoms with Crippen molar-refractivity contribution in [3.63, 3.8) is 0 Å². The SMILES string of the molecule is COc1ccc(-n2nc(S(C)(=O)=O)c3c2C(=O)N(c2ccc(I)cc2)CC32CC2)cc1. The van der Waals surface area contributed by atoms with Gasteiger partial charge in [0.05, 0.1) is 12.8 Å². The van der Waals surface area contributed by atoms with E-state index in [-0.39, 0.29) is 16.3 Å². The van der Waals surface area contributed by atoms with Gasteiger partial charge < -0.3 is 9.64 Å². The van der Waals surface area contributed by atoms with Crippen molar-refractivity contribution in [2.45, 2.75) is 23.3 Å². The number of ether oxygens (including phenoxy) is 1. The number of anilines is 1. The van der Waals surface area contributed by atoms with Crippen LogP contribution in [0.2, 0.25) is 0 Å². The fourth-order valence-electron chi connectivity index (χ4n) is 4.21. The van der Waals surface area contributed by atoms with Gasteiger partial charge in [0.15, 0.2) is 14.9 Å². The highest BCUT2D eigenvalue weighted by atomic mass is 127. The number of amides is 1. The third-order valence-electron chi connectivity index (χ3n) is 5.95. The lowest BCUT2D eigenvalue weighted by Gasteiger charge is -2.33. The average Bonchev–Trinajstić information content (AvgIpc) is 3.38. The van der Waals surface area contributed by atoms with Crippen molar-refractivity contribution in [2.24, 2.45) is 0 Å². The normalized spacial score (nSPS) is 17.0. The van der Waals surface area contributed by atoms with Crippen LogP contribution in [0.3, 0.4) is 0 Å². The Morgan fingerprint density at radius 2 is 1.65 bits per heavy atom. The second-order valence-electron chi connectivity index (χ2n) is 8.06. The van der Waals surface area contributed by atoms with Gasteiger partial charge in [-0.05, 0) is 84.0 Å². The number of carbonyl (C=O) groups is 1. The molecule has 0 atom stereocenters. The van der Waals surface area contributed by atoms with Gasteiger partial charge in [-0.2, -0.15) is 5.10 Å². The number of hydrogen-bond donors (Lipinski definition) is 0. The van der Waals surface area contributed by atoms with Crippen LogP contribution in [0.15, 0.2) is 53.6 Å². The van der Waals surface area contributed by atoms with Gasteiger partial charge in [0.25, 0.3) is 5.91 Å². The summed E-state index contributed by atoms with van der Waals surface area (Å²) in [6.45, 7) is 0.455. The van der Waals surface area contributed by atoms with Gasteiger partial charge in [0, 0.05) is 33.0 Å². The molecule has 5 rings (SSSR count). The molecule has 2 heterocycles. The monoisotopic (exact) mass is 549 g/mol. The molecule has 1 fully saturated rings. The van der Waals surface area contributed by atoms with Crippen LogP contribution in [-0.4, -0.2) is 44.0 Å². The van der Waals surface area contributed by atoms with Gasteiger partial charge in [-0.15, -0.1) is 0 Å². The standard InChI is InChI=1S/C22H20IN3O4S/c1-30-17-9-7-16(8-10-17)26-19-18(20(24-26)31(2,28)29)22(11-12-22)13-25(21(19)27)15-5-3-14(23)4-6-15/h3-10H,11-13H2,1-2H3. The summed E-state index contributed by atoms with van der Waals surface area (Å²) in [5, 5.41) is 4.46. The van der Waals surface area contributed by atoms with Crippen LogP contribution in [0.5, 0.6) is 5.75 Å². The topological polar surface area (TPSA) is 81.5 Å². The largest absolute Gasteiger partial charge is 0.497 e. The Kier molecular flexibility index (Phi) is 4.67. The minimum absolute atomic E-state index is 0.00595. The van der Waals surface area contributed by atoms with Crippen molar-refractivity contribution in [3.05, 3.63) is 63.4 Å². The minimum Gasteiger partial charge on any atom is -0.497 e. The number of hydrogen-bond acceptors (Lipinski definition) is 5. The lowest BCUT2D eigenvalue weighted by atomic mass is 9.90. The summed E-state index contributed by atoms with van der Waals surface area (Å²) in [6, 6.07) is 14.8. The number of benzene rings is 2. The smallest absolute Gasteiger partial charge is 0.277 e. The van der Waals surface area contributed by atoms with Gasteiger partial charge in [0.2, 0.25) is 0 Å². The van der Waals surface area contributed by atoms with Crippen molar-refractivity contribution < 1.29 is 17.9 Å². The lowest BCUT2D eigenvalue weighted by Crippen LogP contribution is -2.44. The molecule has 7 nitrogen and oxygen atoms in total. The molecule has 0 radical (unpaired) electrons. The van der Waals surface area contributed by atoms with E-state index in [1.54, 1.807) is 36.3 Å². The third-order valence-corrected chi connectivity index (χ3v) is 7.66. The maximum atomic E-state index is 13.7. The number of sulfone groups is 1. The van der Waals surface area contributed by atoms with Crippen LogP contribution in [0.25, 0.3) is 5.69 Å². The molecule has 31 heavy (non-hydrogen) atoms. The highest BCUT2D eigenvalue weighted by molar-refractivity contribution is 14.1. The van der Waals surface area contributed by atoms with E-state index in [0.717, 1.165) is 28.4 Å². The molecule has 0 unspecified atom stereocenters. The van der Waals surface area contributed by atoms with Crippen molar-refractivity contribution in [2.75, 3.05) is 24.8 Å². The van der Waals surface area contributed by atoms with Gasteiger partial charge in [-0.3, -0.25) is 4.79 Å². The highest BCUT2D eigenvalue weighted by Crippen LogP contribution is 2.55. The van der Waals surface area contributed by atoms with E-state index in [9.17, 15) is 13.2 Å². The van der Waals surface area contributed by atoms with Crippen LogP contribution >= 0.6 is 22.6 Å². The second-order valence-corrected chi connectivity index (χ2v) is 11.2. The molecule has 0 bridgehead atoms. The van der Waals surface area contributed by atoms with E-state index in [0.29, 0.717) is 29.2 Å². The molecule has 9 heteroatoms. The number of carbonyl (C=O) groups excluding carboxylic acids is 1. The predicted octanol–water partition coefficient (Wildman–Crippen LogP) is 3.58. The summed E-state index contributed by atoms with van der Waals surface area (Å²) in [6.07, 6.45) is 2.80. The van der Waals surface area contributed by atoms with E-state index >= 15 is 0 Å². The van der Waals surface area contributed by atoms with Crippen LogP contribution in [0.1, 0.15) is 28.9 Å². The van der Waals surface area contributed by atoms with Crippen molar-refractivity contribution in [3.8, 4) is 11.4 Å². The maximum Gasteiger partial charge on any atom is 0.277 e. The summed E-state index contributed by atoms with van der Waals surface area (Å²) in [4.78, 5) is 15.5. The predicted molar refractivity (Wildman–Crippen MR) is 125 cm³/mol. The Hall–Kier alpha value is -2.40. The number of aromatic nitrogens is 2. The zero-order valence-electron chi connectivity index (χ0n) is 17.0. The Labute approximate surface area is 194 Å². The van der Waals surface area contributed by atoms with E-state index in [2.05, 4.69) is 27.7 Å². The van der Waals surface area contributed by atoms with Crippen LogP contribution in [0, 0.1) is 3.57 Å². The molecular formula is C22H20IN3O4S. The van der Waals surface area contributed by atoms with Crippen molar-refractivity contribution >= 4 is 44.0 Å². The first kappa shape index (κ1) is 20.5. The molecule has 2 aliphatic rings. The van der Waals surface area contributed by atoms with Gasteiger partial charge in [-0.25, -0.2) is 13.1 Å². The summed E-state index contributed by atoms with van der Waals surface area (Å²) < 4.78 is 33.1. The van der Waals surface area contributed by atoms with Crippen molar-refractivity contribution in [1.82, 2.24) is 9.78 Å². The Balaban J connectivity index is 1.74. The Morgan fingerprint density at radius 3 is 2.19 bits per heavy atom. The summed E-state index contributed by atoms with van der Waals surface area (Å²) in [5.74, 6) is 0.422. The number of fused-ring (bicyclic) bond motifs is 2.